The molecule has 1 unspecified atom stereocenters. The van der Waals surface area contributed by atoms with E-state index < -0.39 is 17.9 Å². The third-order valence-corrected chi connectivity index (χ3v) is 5.90. The Labute approximate surface area is 173 Å². The Balaban J connectivity index is 1.56. The van der Waals surface area contributed by atoms with Gasteiger partial charge in [-0.2, -0.15) is 0 Å². The van der Waals surface area contributed by atoms with E-state index in [9.17, 15) is 14.4 Å². The topological polar surface area (TPSA) is 66.5 Å². The van der Waals surface area contributed by atoms with Crippen LogP contribution in [0.25, 0.3) is 0 Å². The van der Waals surface area contributed by atoms with Gasteiger partial charge in [-0.15, -0.1) is 11.3 Å². The molecule has 0 saturated carbocycles. The lowest BCUT2D eigenvalue weighted by molar-refractivity contribution is -0.125. The first-order valence-corrected chi connectivity index (χ1v) is 10.3. The van der Waals surface area contributed by atoms with Gasteiger partial charge < -0.3 is 5.32 Å². The lowest BCUT2D eigenvalue weighted by Crippen LogP contribution is -2.51. The van der Waals surface area contributed by atoms with Crippen LogP contribution in [0.4, 0.5) is 0 Å². The summed E-state index contributed by atoms with van der Waals surface area (Å²) in [7, 11) is 0. The molecule has 1 aliphatic rings. The van der Waals surface area contributed by atoms with Gasteiger partial charge in [-0.05, 0) is 35.6 Å². The minimum Gasteiger partial charge on any atom is -0.354 e. The Morgan fingerprint density at radius 2 is 1.55 bits per heavy atom. The molecule has 1 aliphatic heterocycles. The van der Waals surface area contributed by atoms with Crippen LogP contribution in [0.1, 0.15) is 31.2 Å². The van der Waals surface area contributed by atoms with E-state index >= 15 is 0 Å². The second-order valence-electron chi connectivity index (χ2n) is 6.85. The van der Waals surface area contributed by atoms with Crippen LogP contribution < -0.4 is 5.32 Å². The molecule has 4 rings (SSSR count). The molecular formula is C23H20N2O3S. The Hall–Kier alpha value is -3.25. The minimum absolute atomic E-state index is 0.275. The molecule has 0 spiro atoms. The van der Waals surface area contributed by atoms with Crippen molar-refractivity contribution in [3.8, 4) is 0 Å². The van der Waals surface area contributed by atoms with Crippen molar-refractivity contribution in [2.45, 2.75) is 18.9 Å². The van der Waals surface area contributed by atoms with Crippen LogP contribution in [0.5, 0.6) is 0 Å². The lowest BCUT2D eigenvalue weighted by Gasteiger charge is -2.25. The van der Waals surface area contributed by atoms with Gasteiger partial charge in [-0.3, -0.25) is 19.3 Å². The van der Waals surface area contributed by atoms with Gasteiger partial charge in [-0.1, -0.05) is 48.5 Å². The molecule has 5 nitrogen and oxygen atoms in total. The average Bonchev–Trinajstić information content (AvgIpc) is 3.35. The summed E-state index contributed by atoms with van der Waals surface area (Å²) >= 11 is 1.63. The summed E-state index contributed by atoms with van der Waals surface area (Å²) in [4.78, 5) is 41.2. The fourth-order valence-corrected chi connectivity index (χ4v) is 4.22. The largest absolute Gasteiger partial charge is 0.354 e. The van der Waals surface area contributed by atoms with Crippen LogP contribution >= 0.6 is 11.3 Å². The molecule has 0 fully saturated rings. The molecule has 3 aromatic rings. The second kappa shape index (κ2) is 8.41. The van der Waals surface area contributed by atoms with Crippen molar-refractivity contribution in [2.75, 3.05) is 6.54 Å². The predicted molar refractivity (Wildman–Crippen MR) is 112 cm³/mol. The maximum Gasteiger partial charge on any atom is 0.262 e. The summed E-state index contributed by atoms with van der Waals surface area (Å²) in [6.07, 6.45) is 0.987. The predicted octanol–water partition coefficient (Wildman–Crippen LogP) is 3.31. The van der Waals surface area contributed by atoms with E-state index in [-0.39, 0.29) is 12.3 Å². The van der Waals surface area contributed by atoms with Crippen LogP contribution in [-0.2, 0) is 17.6 Å². The lowest BCUT2D eigenvalue weighted by atomic mass is 10.0. The number of benzene rings is 2. The van der Waals surface area contributed by atoms with Crippen molar-refractivity contribution in [2.24, 2.45) is 0 Å². The zero-order valence-corrected chi connectivity index (χ0v) is 16.5. The monoisotopic (exact) mass is 404 g/mol. The first kappa shape index (κ1) is 19.1. The quantitative estimate of drug-likeness (QED) is 0.615. The van der Waals surface area contributed by atoms with E-state index in [4.69, 9.17) is 0 Å². The van der Waals surface area contributed by atoms with E-state index in [1.54, 1.807) is 35.6 Å². The number of hydrogen-bond donors (Lipinski definition) is 1. The molecule has 1 N–H and O–H groups in total. The first-order valence-electron chi connectivity index (χ1n) is 9.46. The molecule has 0 saturated heterocycles. The molecule has 0 radical (unpaired) electrons. The van der Waals surface area contributed by atoms with Gasteiger partial charge in [0, 0.05) is 17.8 Å². The molecule has 29 heavy (non-hydrogen) atoms. The summed E-state index contributed by atoms with van der Waals surface area (Å²) in [6.45, 7) is 0.452. The highest BCUT2D eigenvalue weighted by Gasteiger charge is 2.42. The summed E-state index contributed by atoms with van der Waals surface area (Å²) < 4.78 is 0. The number of amides is 3. The van der Waals surface area contributed by atoms with Crippen molar-refractivity contribution in [1.29, 1.82) is 0 Å². The number of carbonyl (C=O) groups excluding carboxylic acids is 3. The summed E-state index contributed by atoms with van der Waals surface area (Å²) in [5, 5.41) is 4.90. The molecule has 2 aromatic carbocycles. The van der Waals surface area contributed by atoms with Gasteiger partial charge in [0.05, 0.1) is 11.1 Å². The first-order chi connectivity index (χ1) is 14.1. The van der Waals surface area contributed by atoms with E-state index in [1.807, 2.05) is 47.8 Å². The van der Waals surface area contributed by atoms with Crippen LogP contribution in [0, 0.1) is 0 Å². The highest BCUT2D eigenvalue weighted by molar-refractivity contribution is 7.09. The number of nitrogens with one attached hydrogen (secondary N) is 1. The molecular weight excluding hydrogens is 384 g/mol. The third kappa shape index (κ3) is 3.98. The number of fused-ring (bicyclic) bond motifs is 1. The third-order valence-electron chi connectivity index (χ3n) is 4.96. The standard InChI is InChI=1S/C23H20N2O3S/c26-21(24-13-12-17-9-6-14-29-17)20(15-16-7-2-1-3-8-16)25-22(27)18-10-4-5-11-19(18)23(25)28/h1-11,14,20H,12-13,15H2,(H,24,26). The Bertz CT molecular complexity index is 996. The summed E-state index contributed by atoms with van der Waals surface area (Å²) in [5.74, 6) is -1.15. The normalized spacial score (nSPS) is 14.0. The number of nitrogens with zero attached hydrogens (tertiary/aromatic N) is 1. The Kier molecular flexibility index (Phi) is 5.53. The molecule has 1 aromatic heterocycles. The van der Waals surface area contributed by atoms with Crippen molar-refractivity contribution in [3.63, 3.8) is 0 Å². The van der Waals surface area contributed by atoms with E-state index in [0.29, 0.717) is 24.1 Å². The molecule has 1 atom stereocenters. The average molecular weight is 404 g/mol. The Morgan fingerprint density at radius 1 is 0.897 bits per heavy atom. The van der Waals surface area contributed by atoms with E-state index in [0.717, 1.165) is 10.5 Å². The smallest absolute Gasteiger partial charge is 0.262 e. The molecule has 146 valence electrons. The van der Waals surface area contributed by atoms with Gasteiger partial charge in [-0.25, -0.2) is 0 Å². The van der Waals surface area contributed by atoms with Crippen molar-refractivity contribution < 1.29 is 14.4 Å². The molecule has 6 heteroatoms. The minimum atomic E-state index is -0.895. The van der Waals surface area contributed by atoms with E-state index in [2.05, 4.69) is 5.32 Å². The molecule has 0 bridgehead atoms. The Morgan fingerprint density at radius 3 is 2.17 bits per heavy atom. The number of carbonyl (C=O) groups is 3. The van der Waals surface area contributed by atoms with Gasteiger partial charge in [0.25, 0.3) is 11.8 Å². The fraction of sp³-hybridized carbons (Fsp3) is 0.174. The van der Waals surface area contributed by atoms with Crippen LogP contribution in [-0.4, -0.2) is 35.2 Å². The maximum absolute atomic E-state index is 13.1. The highest BCUT2D eigenvalue weighted by atomic mass is 32.1. The van der Waals surface area contributed by atoms with Gasteiger partial charge in [0.2, 0.25) is 5.91 Å². The van der Waals surface area contributed by atoms with Gasteiger partial charge >= 0.3 is 0 Å². The van der Waals surface area contributed by atoms with E-state index in [1.165, 1.54) is 4.88 Å². The second-order valence-corrected chi connectivity index (χ2v) is 7.88. The van der Waals surface area contributed by atoms with Crippen LogP contribution in [0.15, 0.2) is 72.1 Å². The van der Waals surface area contributed by atoms with Crippen molar-refractivity contribution in [1.82, 2.24) is 10.2 Å². The molecule has 2 heterocycles. The van der Waals surface area contributed by atoms with Gasteiger partial charge in [0.15, 0.2) is 0 Å². The van der Waals surface area contributed by atoms with Crippen molar-refractivity contribution in [3.05, 3.63) is 93.7 Å². The zero-order valence-electron chi connectivity index (χ0n) is 15.7. The van der Waals surface area contributed by atoms with Gasteiger partial charge in [0.1, 0.15) is 6.04 Å². The van der Waals surface area contributed by atoms with Crippen LogP contribution in [0.2, 0.25) is 0 Å². The van der Waals surface area contributed by atoms with Crippen LogP contribution in [0.3, 0.4) is 0 Å². The van der Waals surface area contributed by atoms with Crippen molar-refractivity contribution >= 4 is 29.1 Å². The SMILES string of the molecule is O=C(NCCc1cccs1)C(Cc1ccccc1)N1C(=O)c2ccccc2C1=O. The molecule has 0 aliphatic carbocycles. The number of thiophene rings is 1. The number of imide groups is 1. The molecule has 3 amide bonds. The summed E-state index contributed by atoms with van der Waals surface area (Å²) in [5.41, 5.74) is 1.59. The highest BCUT2D eigenvalue weighted by Crippen LogP contribution is 2.26. The fourth-order valence-electron chi connectivity index (χ4n) is 3.51. The summed E-state index contributed by atoms with van der Waals surface area (Å²) in [6, 6.07) is 19.2. The number of hydrogen-bond acceptors (Lipinski definition) is 4. The maximum atomic E-state index is 13.1. The zero-order chi connectivity index (χ0) is 20.2. The number of rotatable bonds is 7.